The van der Waals surface area contributed by atoms with Crippen molar-refractivity contribution in [2.75, 3.05) is 0 Å². The van der Waals surface area contributed by atoms with E-state index in [4.69, 9.17) is 0 Å². The van der Waals surface area contributed by atoms with Crippen molar-refractivity contribution in [1.29, 1.82) is 0 Å². The highest BCUT2D eigenvalue weighted by Crippen LogP contribution is 2.20. The van der Waals surface area contributed by atoms with E-state index in [1.807, 2.05) is 0 Å². The van der Waals surface area contributed by atoms with Crippen LogP contribution in [0.4, 0.5) is 0 Å². The molecule has 0 saturated carbocycles. The Morgan fingerprint density at radius 3 is 1.48 bits per heavy atom. The van der Waals surface area contributed by atoms with Gasteiger partial charge in [0.2, 0.25) is 6.71 Å². The van der Waals surface area contributed by atoms with Gasteiger partial charge in [-0.1, -0.05) is 122 Å². The second-order valence-corrected chi connectivity index (χ2v) is 7.09. The molecule has 0 saturated heterocycles. The average Bonchev–Trinajstić information content (AvgIpc) is 2.57. The molecule has 0 amide bonds. The molecule has 1 heteroatoms. The molecule has 114 valence electrons. The molecule has 0 unspecified atom stereocenters. The van der Waals surface area contributed by atoms with Crippen LogP contribution in [-0.2, 0) is 5.41 Å². The van der Waals surface area contributed by atoms with Gasteiger partial charge in [0.05, 0.1) is 0 Å². The first kappa shape index (κ1) is 15.6. The van der Waals surface area contributed by atoms with E-state index in [1.54, 1.807) is 0 Å². The molecular formula is C22H23B. The molecule has 0 spiro atoms. The maximum absolute atomic E-state index is 2.29. The summed E-state index contributed by atoms with van der Waals surface area (Å²) >= 11 is 0. The smallest absolute Gasteiger partial charge is 0.0687 e. The normalized spacial score (nSPS) is 11.3. The van der Waals surface area contributed by atoms with Crippen LogP contribution in [0.5, 0.6) is 0 Å². The van der Waals surface area contributed by atoms with Crippen molar-refractivity contribution in [3.05, 3.63) is 90.5 Å². The lowest BCUT2D eigenvalue weighted by Gasteiger charge is -2.27. The lowest BCUT2D eigenvalue weighted by atomic mass is 9.35. The molecular weight excluding hydrogens is 275 g/mol. The highest BCUT2D eigenvalue weighted by atomic mass is 14.2. The molecule has 3 aromatic carbocycles. The van der Waals surface area contributed by atoms with Crippen molar-refractivity contribution in [2.45, 2.75) is 26.2 Å². The zero-order valence-corrected chi connectivity index (χ0v) is 14.2. The van der Waals surface area contributed by atoms with Crippen molar-refractivity contribution in [2.24, 2.45) is 0 Å². The molecule has 0 fully saturated rings. The first-order valence-electron chi connectivity index (χ1n) is 8.26. The van der Waals surface area contributed by atoms with Crippen LogP contribution in [0.2, 0.25) is 0 Å². The Kier molecular flexibility index (Phi) is 4.38. The first-order valence-corrected chi connectivity index (χ1v) is 8.26. The number of benzene rings is 3. The van der Waals surface area contributed by atoms with Crippen LogP contribution in [0.15, 0.2) is 84.9 Å². The molecule has 0 heterocycles. The number of hydrogen-bond acceptors (Lipinski definition) is 0. The molecule has 3 rings (SSSR count). The maximum atomic E-state index is 2.29. The molecule has 0 nitrogen and oxygen atoms in total. The third-order valence-electron chi connectivity index (χ3n) is 4.35. The molecule has 0 aliphatic heterocycles. The maximum Gasteiger partial charge on any atom is 0.241 e. The van der Waals surface area contributed by atoms with Gasteiger partial charge in [0.15, 0.2) is 0 Å². The Balaban J connectivity index is 2.22. The van der Waals surface area contributed by atoms with Crippen LogP contribution in [-0.4, -0.2) is 6.71 Å². The summed E-state index contributed by atoms with van der Waals surface area (Å²) in [5, 5.41) is 0. The fourth-order valence-electron chi connectivity index (χ4n) is 3.27. The van der Waals surface area contributed by atoms with Gasteiger partial charge in [-0.05, 0) is 11.0 Å². The largest absolute Gasteiger partial charge is 0.241 e. The molecule has 3 aromatic rings. The standard InChI is InChI=1S/C22H23B/c1-22(2,3)20-16-10-11-17-21(20)23(18-12-6-4-7-13-18)19-14-8-5-9-15-19/h4-17H,1-3H3. The molecule has 0 N–H and O–H groups in total. The predicted molar refractivity (Wildman–Crippen MR) is 103 cm³/mol. The van der Waals surface area contributed by atoms with E-state index in [1.165, 1.54) is 22.0 Å². The monoisotopic (exact) mass is 298 g/mol. The summed E-state index contributed by atoms with van der Waals surface area (Å²) in [6, 6.07) is 30.5. The Hall–Kier alpha value is -2.28. The average molecular weight is 298 g/mol. The fourth-order valence-corrected chi connectivity index (χ4v) is 3.27. The van der Waals surface area contributed by atoms with Crippen LogP contribution in [0.25, 0.3) is 0 Å². The highest BCUT2D eigenvalue weighted by molar-refractivity contribution is 6.95. The van der Waals surface area contributed by atoms with E-state index in [2.05, 4.69) is 106 Å². The van der Waals surface area contributed by atoms with Crippen LogP contribution >= 0.6 is 0 Å². The molecule has 0 aliphatic rings. The zero-order chi connectivity index (χ0) is 16.3. The molecule has 0 radical (unpaired) electrons. The van der Waals surface area contributed by atoms with Gasteiger partial charge < -0.3 is 0 Å². The minimum Gasteiger partial charge on any atom is -0.0687 e. The fraction of sp³-hybridized carbons (Fsp3) is 0.182. The van der Waals surface area contributed by atoms with E-state index in [9.17, 15) is 0 Å². The van der Waals surface area contributed by atoms with Crippen LogP contribution in [0.1, 0.15) is 26.3 Å². The third kappa shape index (κ3) is 3.39. The third-order valence-corrected chi connectivity index (χ3v) is 4.35. The van der Waals surface area contributed by atoms with Gasteiger partial charge in [-0.3, -0.25) is 0 Å². The summed E-state index contributed by atoms with van der Waals surface area (Å²) in [4.78, 5) is 0. The summed E-state index contributed by atoms with van der Waals surface area (Å²) in [6.45, 7) is 7.14. The lowest BCUT2D eigenvalue weighted by molar-refractivity contribution is 0.594. The summed E-state index contributed by atoms with van der Waals surface area (Å²) in [6.07, 6.45) is 0. The molecule has 23 heavy (non-hydrogen) atoms. The Bertz CT molecular complexity index is 715. The van der Waals surface area contributed by atoms with Gasteiger partial charge in [-0.2, -0.15) is 0 Å². The Labute approximate surface area is 140 Å². The van der Waals surface area contributed by atoms with Crippen LogP contribution in [0, 0.1) is 0 Å². The molecule has 0 aliphatic carbocycles. The van der Waals surface area contributed by atoms with Crippen molar-refractivity contribution < 1.29 is 0 Å². The Morgan fingerprint density at radius 1 is 0.565 bits per heavy atom. The zero-order valence-electron chi connectivity index (χ0n) is 14.2. The van der Waals surface area contributed by atoms with Gasteiger partial charge >= 0.3 is 0 Å². The van der Waals surface area contributed by atoms with Gasteiger partial charge in [0.1, 0.15) is 0 Å². The lowest BCUT2D eigenvalue weighted by Crippen LogP contribution is -2.54. The Morgan fingerprint density at radius 2 is 1.00 bits per heavy atom. The summed E-state index contributed by atoms with van der Waals surface area (Å²) in [5.41, 5.74) is 5.62. The molecule has 0 atom stereocenters. The van der Waals surface area contributed by atoms with E-state index < -0.39 is 0 Å². The van der Waals surface area contributed by atoms with Crippen LogP contribution < -0.4 is 16.4 Å². The quantitative estimate of drug-likeness (QED) is 0.649. The van der Waals surface area contributed by atoms with E-state index in [0.717, 1.165) is 0 Å². The summed E-state index contributed by atoms with van der Waals surface area (Å²) in [7, 11) is 0. The highest BCUT2D eigenvalue weighted by Gasteiger charge is 2.27. The molecule has 0 aromatic heterocycles. The van der Waals surface area contributed by atoms with Crippen LogP contribution in [0.3, 0.4) is 0 Å². The second kappa shape index (κ2) is 6.46. The van der Waals surface area contributed by atoms with Crippen molar-refractivity contribution in [3.8, 4) is 0 Å². The van der Waals surface area contributed by atoms with Gasteiger partial charge in [0.25, 0.3) is 0 Å². The number of hydrogen-bond donors (Lipinski definition) is 0. The minimum absolute atomic E-state index is 0.123. The van der Waals surface area contributed by atoms with Crippen molar-refractivity contribution >= 4 is 23.1 Å². The topological polar surface area (TPSA) is 0 Å². The van der Waals surface area contributed by atoms with Crippen molar-refractivity contribution in [3.63, 3.8) is 0 Å². The van der Waals surface area contributed by atoms with E-state index in [0.29, 0.717) is 0 Å². The summed E-state index contributed by atoms with van der Waals surface area (Å²) < 4.78 is 0. The van der Waals surface area contributed by atoms with Crippen molar-refractivity contribution in [1.82, 2.24) is 0 Å². The summed E-state index contributed by atoms with van der Waals surface area (Å²) in [5.74, 6) is 0. The van der Waals surface area contributed by atoms with E-state index >= 15 is 0 Å². The minimum atomic E-state index is 0.123. The number of rotatable bonds is 3. The SMILES string of the molecule is CC(C)(C)c1ccccc1B(c1ccccc1)c1ccccc1. The van der Waals surface area contributed by atoms with E-state index in [-0.39, 0.29) is 12.1 Å². The molecule has 0 bridgehead atoms. The van der Waals surface area contributed by atoms with Gasteiger partial charge in [-0.25, -0.2) is 0 Å². The second-order valence-electron chi connectivity index (χ2n) is 7.09. The van der Waals surface area contributed by atoms with Gasteiger partial charge in [-0.15, -0.1) is 0 Å². The predicted octanol–water partition coefficient (Wildman–Crippen LogP) is 3.50. The van der Waals surface area contributed by atoms with Gasteiger partial charge in [0, 0.05) is 0 Å². The first-order chi connectivity index (χ1) is 11.1.